The molecular weight excluding hydrogens is 378 g/mol. The Hall–Kier alpha value is -2.59. The lowest BCUT2D eigenvalue weighted by Crippen LogP contribution is -2.18. The Morgan fingerprint density at radius 1 is 1.04 bits per heavy atom. The second-order valence-corrected chi connectivity index (χ2v) is 6.93. The fourth-order valence-electron chi connectivity index (χ4n) is 3.15. The van der Waals surface area contributed by atoms with E-state index in [-0.39, 0.29) is 0 Å². The highest BCUT2D eigenvalue weighted by atomic mass is 79.9. The maximum Gasteiger partial charge on any atom is 0.185 e. The first kappa shape index (κ1) is 15.9. The lowest BCUT2D eigenvalue weighted by Gasteiger charge is -2.17. The molecular formula is C21H16BrNO2. The molecule has 0 radical (unpaired) electrons. The van der Waals surface area contributed by atoms with Crippen LogP contribution in [0.5, 0.6) is 0 Å². The van der Waals surface area contributed by atoms with Crippen molar-refractivity contribution in [2.24, 2.45) is 0 Å². The third-order valence-corrected chi connectivity index (χ3v) is 4.84. The first-order valence-electron chi connectivity index (χ1n) is 8.07. The molecule has 3 aromatic rings. The predicted octanol–water partition coefficient (Wildman–Crippen LogP) is 5.42. The zero-order chi connectivity index (χ0) is 17.2. The van der Waals surface area contributed by atoms with E-state index < -0.39 is 0 Å². The Morgan fingerprint density at radius 2 is 1.84 bits per heavy atom. The third kappa shape index (κ3) is 3.30. The smallest absolute Gasteiger partial charge is 0.185 e. The highest BCUT2D eigenvalue weighted by Crippen LogP contribution is 2.37. The summed E-state index contributed by atoms with van der Waals surface area (Å²) in [6, 6.07) is 20.3. The molecule has 1 aliphatic rings. The minimum Gasteiger partial charge on any atom is -0.456 e. The summed E-state index contributed by atoms with van der Waals surface area (Å²) in [5.41, 5.74) is 4.89. The number of hydrogen-bond acceptors (Lipinski definition) is 3. The van der Waals surface area contributed by atoms with E-state index in [0.29, 0.717) is 12.3 Å². The average Bonchev–Trinajstić information content (AvgIpc) is 3.23. The van der Waals surface area contributed by atoms with Crippen LogP contribution in [0.25, 0.3) is 11.6 Å². The summed E-state index contributed by atoms with van der Waals surface area (Å²) in [5, 5.41) is 0. The largest absolute Gasteiger partial charge is 0.456 e. The number of carbonyl (C=O) groups excluding carboxylic acids is 1. The van der Waals surface area contributed by atoms with Crippen molar-refractivity contribution in [3.05, 3.63) is 87.8 Å². The number of benzene rings is 2. The predicted molar refractivity (Wildman–Crippen MR) is 104 cm³/mol. The molecule has 25 heavy (non-hydrogen) atoms. The van der Waals surface area contributed by atoms with Crippen LogP contribution in [-0.4, -0.2) is 12.8 Å². The van der Waals surface area contributed by atoms with Crippen LogP contribution >= 0.6 is 15.9 Å². The molecule has 0 N–H and O–H groups in total. The number of carbonyl (C=O) groups is 1. The van der Waals surface area contributed by atoms with Gasteiger partial charge < -0.3 is 9.32 Å². The lowest BCUT2D eigenvalue weighted by atomic mass is 10.0. The first-order valence-corrected chi connectivity index (χ1v) is 8.86. The van der Waals surface area contributed by atoms with Gasteiger partial charge in [0, 0.05) is 22.3 Å². The van der Waals surface area contributed by atoms with Crippen LogP contribution < -0.4 is 4.90 Å². The van der Waals surface area contributed by atoms with Crippen molar-refractivity contribution < 1.29 is 9.21 Å². The Morgan fingerprint density at radius 3 is 2.60 bits per heavy atom. The molecule has 0 unspecified atom stereocenters. The molecule has 0 saturated heterocycles. The van der Waals surface area contributed by atoms with Crippen molar-refractivity contribution >= 4 is 39.6 Å². The van der Waals surface area contributed by atoms with E-state index in [1.54, 1.807) is 6.07 Å². The van der Waals surface area contributed by atoms with Crippen LogP contribution in [0.15, 0.2) is 69.6 Å². The van der Waals surface area contributed by atoms with Gasteiger partial charge >= 0.3 is 0 Å². The summed E-state index contributed by atoms with van der Waals surface area (Å²) in [5.74, 6) is 1.16. The van der Waals surface area contributed by atoms with Gasteiger partial charge in [-0.3, -0.25) is 4.79 Å². The van der Waals surface area contributed by atoms with E-state index in [1.165, 1.54) is 22.4 Å². The molecule has 2 aromatic carbocycles. The van der Waals surface area contributed by atoms with Crippen molar-refractivity contribution in [2.45, 2.75) is 6.54 Å². The van der Waals surface area contributed by atoms with Crippen molar-refractivity contribution in [1.82, 2.24) is 0 Å². The fourth-order valence-corrected chi connectivity index (χ4v) is 3.42. The Balaban J connectivity index is 1.65. The summed E-state index contributed by atoms with van der Waals surface area (Å²) >= 11 is 3.47. The van der Waals surface area contributed by atoms with Crippen molar-refractivity contribution in [3.8, 4) is 0 Å². The van der Waals surface area contributed by atoms with Gasteiger partial charge in [-0.1, -0.05) is 46.3 Å². The number of halogens is 1. The van der Waals surface area contributed by atoms with Crippen molar-refractivity contribution in [1.29, 1.82) is 0 Å². The minimum absolute atomic E-state index is 0.369. The third-order valence-electron chi connectivity index (χ3n) is 4.31. The summed E-state index contributed by atoms with van der Waals surface area (Å²) in [6.07, 6.45) is 2.96. The molecule has 0 aliphatic carbocycles. The number of rotatable bonds is 4. The van der Waals surface area contributed by atoms with Crippen molar-refractivity contribution in [2.75, 3.05) is 11.4 Å². The summed E-state index contributed by atoms with van der Waals surface area (Å²) in [4.78, 5) is 13.1. The van der Waals surface area contributed by atoms with Gasteiger partial charge in [0.15, 0.2) is 12.0 Å². The zero-order valence-electron chi connectivity index (χ0n) is 13.5. The fraction of sp³-hybridized carbons (Fsp3) is 0.0952. The topological polar surface area (TPSA) is 33.5 Å². The number of para-hydroxylation sites is 1. The first-order chi connectivity index (χ1) is 12.2. The van der Waals surface area contributed by atoms with Crippen LogP contribution in [0.4, 0.5) is 5.69 Å². The molecule has 124 valence electrons. The van der Waals surface area contributed by atoms with Gasteiger partial charge in [0.1, 0.15) is 5.76 Å². The molecule has 2 heterocycles. The van der Waals surface area contributed by atoms with Gasteiger partial charge in [-0.05, 0) is 47.5 Å². The number of anilines is 1. The Bertz CT molecular complexity index is 941. The zero-order valence-corrected chi connectivity index (χ0v) is 15.1. The monoisotopic (exact) mass is 393 g/mol. The van der Waals surface area contributed by atoms with E-state index in [9.17, 15) is 4.79 Å². The molecule has 1 aliphatic heterocycles. The average molecular weight is 394 g/mol. The van der Waals surface area contributed by atoms with Gasteiger partial charge in [0.05, 0.1) is 6.54 Å². The van der Waals surface area contributed by atoms with E-state index in [0.717, 1.165) is 23.1 Å². The molecule has 1 aromatic heterocycles. The molecule has 3 nitrogen and oxygen atoms in total. The highest BCUT2D eigenvalue weighted by molar-refractivity contribution is 9.10. The van der Waals surface area contributed by atoms with Crippen molar-refractivity contribution in [3.63, 3.8) is 0 Å². The number of nitrogens with zero attached hydrogens (tertiary/aromatic N) is 1. The second kappa shape index (κ2) is 6.73. The van der Waals surface area contributed by atoms with E-state index in [1.807, 2.05) is 12.1 Å². The van der Waals surface area contributed by atoms with Gasteiger partial charge in [-0.2, -0.15) is 0 Å². The number of aldehydes is 1. The highest BCUT2D eigenvalue weighted by Gasteiger charge is 2.23. The quantitative estimate of drug-likeness (QED) is 0.555. The van der Waals surface area contributed by atoms with Crippen LogP contribution in [0.2, 0.25) is 0 Å². The Labute approximate surface area is 154 Å². The van der Waals surface area contributed by atoms with Gasteiger partial charge in [-0.25, -0.2) is 0 Å². The van der Waals surface area contributed by atoms with Crippen LogP contribution in [0.3, 0.4) is 0 Å². The second-order valence-electron chi connectivity index (χ2n) is 6.02. The number of hydrogen-bond donors (Lipinski definition) is 0. The Kier molecular flexibility index (Phi) is 4.28. The molecule has 0 atom stereocenters. The van der Waals surface area contributed by atoms with Gasteiger partial charge in [0.2, 0.25) is 0 Å². The van der Waals surface area contributed by atoms with Gasteiger partial charge in [-0.15, -0.1) is 0 Å². The normalized spacial score (nSPS) is 14.8. The SMILES string of the molecule is O=Cc1ccc(CN2C/C(=C/c3ccc(Br)cc3)c3ccccc32)o1. The molecule has 0 spiro atoms. The molecule has 0 bridgehead atoms. The molecule has 0 fully saturated rings. The van der Waals surface area contributed by atoms with Crippen LogP contribution in [-0.2, 0) is 6.54 Å². The van der Waals surface area contributed by atoms with Crippen LogP contribution in [0.1, 0.15) is 27.4 Å². The van der Waals surface area contributed by atoms with Crippen LogP contribution in [0, 0.1) is 0 Å². The number of fused-ring (bicyclic) bond motifs is 1. The summed E-state index contributed by atoms with van der Waals surface area (Å²) in [6.45, 7) is 1.45. The van der Waals surface area contributed by atoms with E-state index in [4.69, 9.17) is 4.42 Å². The van der Waals surface area contributed by atoms with E-state index >= 15 is 0 Å². The maximum absolute atomic E-state index is 10.8. The lowest BCUT2D eigenvalue weighted by molar-refractivity contribution is 0.109. The maximum atomic E-state index is 10.8. The van der Waals surface area contributed by atoms with Gasteiger partial charge in [0.25, 0.3) is 0 Å². The molecule has 0 saturated carbocycles. The molecule has 0 amide bonds. The molecule has 4 rings (SSSR count). The standard InChI is InChI=1S/C21H16BrNO2/c22-17-7-5-15(6-8-17)11-16-12-23(21-4-2-1-3-20(16)21)13-18-9-10-19(14-24)25-18/h1-11,14H,12-13H2/b16-11-. The number of furan rings is 1. The summed E-state index contributed by atoms with van der Waals surface area (Å²) in [7, 11) is 0. The minimum atomic E-state index is 0.369. The molecule has 4 heteroatoms. The van der Waals surface area contributed by atoms with E-state index in [2.05, 4.69) is 69.4 Å². The summed E-state index contributed by atoms with van der Waals surface area (Å²) < 4.78 is 6.62.